The van der Waals surface area contributed by atoms with Gasteiger partial charge in [0.15, 0.2) is 0 Å². The molecule has 0 spiro atoms. The van der Waals surface area contributed by atoms with E-state index in [1.54, 1.807) is 0 Å². The number of rotatable bonds is 3. The van der Waals surface area contributed by atoms with Crippen LogP contribution in [0.2, 0.25) is 0 Å². The lowest BCUT2D eigenvalue weighted by Crippen LogP contribution is -2.27. The highest BCUT2D eigenvalue weighted by Crippen LogP contribution is 2.25. The van der Waals surface area contributed by atoms with Gasteiger partial charge in [0, 0.05) is 6.42 Å². The van der Waals surface area contributed by atoms with Crippen molar-refractivity contribution in [2.75, 3.05) is 6.54 Å². The Bertz CT molecular complexity index is 653. The minimum absolute atomic E-state index is 0.148. The number of allylic oxidation sites excluding steroid dienone is 1. The lowest BCUT2D eigenvalue weighted by molar-refractivity contribution is -0.119. The van der Waals surface area contributed by atoms with E-state index in [9.17, 15) is 9.59 Å². The number of carbonyl (C=O) groups excluding carboxylic acids is 2. The first kappa shape index (κ1) is 23.0. The van der Waals surface area contributed by atoms with Gasteiger partial charge in [-0.2, -0.15) is 5.11 Å². The molecule has 0 saturated carbocycles. The average Bonchev–Trinajstić information content (AvgIpc) is 3.29. The Kier molecular flexibility index (Phi) is 9.34. The zero-order valence-electron chi connectivity index (χ0n) is 16.9. The molecule has 0 aromatic rings. The van der Waals surface area contributed by atoms with Crippen LogP contribution in [0.4, 0.5) is 4.79 Å². The van der Waals surface area contributed by atoms with E-state index in [2.05, 4.69) is 60.2 Å². The normalized spacial score (nSPS) is 20.8. The first-order chi connectivity index (χ1) is 12.6. The summed E-state index contributed by atoms with van der Waals surface area (Å²) in [6, 6.07) is 0. The Balaban J connectivity index is 0.000000204. The van der Waals surface area contributed by atoms with Crippen molar-refractivity contribution in [3.8, 4) is 0 Å². The van der Waals surface area contributed by atoms with E-state index in [-0.39, 0.29) is 22.3 Å². The molecule has 1 N–H and O–H groups in total. The second-order valence-electron chi connectivity index (χ2n) is 7.24. The highest BCUT2D eigenvalue weighted by atomic mass is 32.2. The largest absolute Gasteiger partial charge is 0.362 e. The van der Waals surface area contributed by atoms with E-state index in [0.717, 1.165) is 35.4 Å². The maximum atomic E-state index is 10.9. The van der Waals surface area contributed by atoms with E-state index in [1.165, 1.54) is 0 Å². The number of imide groups is 1. The summed E-state index contributed by atoms with van der Waals surface area (Å²) >= 11 is 1.08. The molecule has 150 valence electrons. The van der Waals surface area contributed by atoms with Crippen LogP contribution < -0.4 is 5.32 Å². The third kappa shape index (κ3) is 8.03. The van der Waals surface area contributed by atoms with Crippen LogP contribution in [0.1, 0.15) is 48.0 Å². The van der Waals surface area contributed by atoms with Crippen LogP contribution in [0.3, 0.4) is 0 Å². The number of hydrogen-bond acceptors (Lipinski definition) is 8. The van der Waals surface area contributed by atoms with Gasteiger partial charge < -0.3 is 4.84 Å². The fourth-order valence-electron chi connectivity index (χ4n) is 2.03. The summed E-state index contributed by atoms with van der Waals surface area (Å²) in [5, 5.41) is 16.7. The second kappa shape index (κ2) is 11.0. The molecule has 8 nitrogen and oxygen atoms in total. The fraction of sp³-hybridized carbons (Fsp3) is 0.667. The van der Waals surface area contributed by atoms with Crippen molar-refractivity contribution in [1.29, 1.82) is 0 Å². The molecule has 1 fully saturated rings. The molecule has 1 saturated heterocycles. The molecule has 0 radical (unpaired) electrons. The van der Waals surface area contributed by atoms with Crippen molar-refractivity contribution in [2.45, 2.75) is 53.2 Å². The third-order valence-corrected chi connectivity index (χ3v) is 5.12. The van der Waals surface area contributed by atoms with Crippen LogP contribution in [0.5, 0.6) is 0 Å². The molecule has 1 unspecified atom stereocenters. The lowest BCUT2D eigenvalue weighted by Gasteiger charge is -2.06. The molecule has 0 bridgehead atoms. The molecule has 0 aromatic carbocycles. The van der Waals surface area contributed by atoms with Crippen molar-refractivity contribution in [3.05, 3.63) is 12.3 Å². The summed E-state index contributed by atoms with van der Waals surface area (Å²) in [6.07, 6.45) is 0.817. The molecular formula is C18H29N5O3S. The van der Waals surface area contributed by atoms with Crippen molar-refractivity contribution in [2.24, 2.45) is 38.3 Å². The Morgan fingerprint density at radius 3 is 1.96 bits per heavy atom. The molecule has 3 aliphatic heterocycles. The van der Waals surface area contributed by atoms with Crippen molar-refractivity contribution in [1.82, 2.24) is 5.32 Å². The number of oxime groups is 1. The SMILES string of the molecule is C=C1CC(C(C)C)=NO1.CC(C)C1=NN=NC1.CC(C)C1SC(=O)NC1=O. The van der Waals surface area contributed by atoms with Crippen molar-refractivity contribution >= 4 is 34.3 Å². The topological polar surface area (TPSA) is 105 Å². The van der Waals surface area contributed by atoms with Crippen LogP contribution >= 0.6 is 11.8 Å². The smallest absolute Gasteiger partial charge is 0.286 e. The summed E-state index contributed by atoms with van der Waals surface area (Å²) in [7, 11) is 0. The van der Waals surface area contributed by atoms with Gasteiger partial charge in [-0.1, -0.05) is 65.0 Å². The molecule has 2 amide bonds. The van der Waals surface area contributed by atoms with E-state index < -0.39 is 0 Å². The van der Waals surface area contributed by atoms with Crippen molar-refractivity contribution in [3.63, 3.8) is 0 Å². The first-order valence-electron chi connectivity index (χ1n) is 8.98. The predicted molar refractivity (Wildman–Crippen MR) is 109 cm³/mol. The Morgan fingerprint density at radius 1 is 1.11 bits per heavy atom. The van der Waals surface area contributed by atoms with Gasteiger partial charge in [-0.05, 0) is 23.0 Å². The number of amides is 2. The minimum atomic E-state index is -0.219. The van der Waals surface area contributed by atoms with Crippen LogP contribution in [0, 0.1) is 17.8 Å². The van der Waals surface area contributed by atoms with Crippen LogP contribution in [0.25, 0.3) is 0 Å². The molecule has 3 heterocycles. The molecule has 0 aromatic heterocycles. The third-order valence-electron chi connectivity index (χ3n) is 3.80. The minimum Gasteiger partial charge on any atom is -0.362 e. The molecule has 3 rings (SSSR count). The standard InChI is InChI=1S/C7H11NO.C6H9NO2S.C5H9N3/c1-5(2)7-4-6(3)9-8-7;1-3(2)4-5(8)7-6(9)10-4;1-4(2)5-3-6-8-7-5/h5H,3-4H2,1-2H3;3-4H,1-2H3,(H,7,8,9);4H,3H2,1-2H3. The molecule has 0 aliphatic carbocycles. The van der Waals surface area contributed by atoms with Gasteiger partial charge in [-0.25, -0.2) is 0 Å². The molecule has 3 aliphatic rings. The lowest BCUT2D eigenvalue weighted by atomic mass is 10.1. The van der Waals surface area contributed by atoms with Gasteiger partial charge in [0.1, 0.15) is 12.3 Å². The predicted octanol–water partition coefficient (Wildman–Crippen LogP) is 4.39. The van der Waals surface area contributed by atoms with Crippen LogP contribution in [-0.2, 0) is 9.63 Å². The molecule has 9 heteroatoms. The summed E-state index contributed by atoms with van der Waals surface area (Å²) in [4.78, 5) is 26.3. The number of carbonyl (C=O) groups is 2. The van der Waals surface area contributed by atoms with Gasteiger partial charge in [0.2, 0.25) is 5.91 Å². The van der Waals surface area contributed by atoms with Gasteiger partial charge in [0.05, 0.1) is 16.7 Å². The Morgan fingerprint density at radius 2 is 1.74 bits per heavy atom. The van der Waals surface area contributed by atoms with Crippen LogP contribution in [0.15, 0.2) is 32.9 Å². The van der Waals surface area contributed by atoms with Gasteiger partial charge in [-0.3, -0.25) is 14.9 Å². The summed E-state index contributed by atoms with van der Waals surface area (Å²) < 4.78 is 0. The number of hydrogen-bond donors (Lipinski definition) is 1. The maximum absolute atomic E-state index is 10.9. The highest BCUT2D eigenvalue weighted by molar-refractivity contribution is 8.15. The van der Waals surface area contributed by atoms with Gasteiger partial charge in [0.25, 0.3) is 5.24 Å². The van der Waals surface area contributed by atoms with E-state index >= 15 is 0 Å². The monoisotopic (exact) mass is 395 g/mol. The van der Waals surface area contributed by atoms with E-state index in [4.69, 9.17) is 4.84 Å². The zero-order valence-corrected chi connectivity index (χ0v) is 17.7. The van der Waals surface area contributed by atoms with Gasteiger partial charge >= 0.3 is 0 Å². The summed E-state index contributed by atoms with van der Waals surface area (Å²) in [5.41, 5.74) is 2.19. The number of nitrogens with one attached hydrogen (secondary N) is 1. The quantitative estimate of drug-likeness (QED) is 0.765. The first-order valence-corrected chi connectivity index (χ1v) is 9.86. The second-order valence-corrected chi connectivity index (χ2v) is 8.35. The summed E-state index contributed by atoms with van der Waals surface area (Å²) in [5.74, 6) is 1.84. The maximum Gasteiger partial charge on any atom is 0.286 e. The molecule has 27 heavy (non-hydrogen) atoms. The number of nitrogens with zero attached hydrogens (tertiary/aromatic N) is 4. The Hall–Kier alpha value is -2.03. The Labute approximate surface area is 165 Å². The average molecular weight is 396 g/mol. The van der Waals surface area contributed by atoms with Crippen molar-refractivity contribution < 1.29 is 14.4 Å². The van der Waals surface area contributed by atoms with E-state index in [0.29, 0.717) is 18.4 Å². The number of thioether (sulfide) groups is 1. The van der Waals surface area contributed by atoms with E-state index in [1.807, 2.05) is 13.8 Å². The highest BCUT2D eigenvalue weighted by Gasteiger charge is 2.33. The molecule has 1 atom stereocenters. The van der Waals surface area contributed by atoms with Gasteiger partial charge in [-0.15, -0.1) is 5.10 Å². The summed E-state index contributed by atoms with van der Waals surface area (Å²) in [6.45, 7) is 16.6. The fourth-order valence-corrected chi connectivity index (χ4v) is 2.86. The molecular weight excluding hydrogens is 366 g/mol. The van der Waals surface area contributed by atoms with Crippen LogP contribution in [-0.4, -0.2) is 34.4 Å². The zero-order chi connectivity index (χ0) is 20.6.